The Morgan fingerprint density at radius 3 is 2.31 bits per heavy atom. The predicted octanol–water partition coefficient (Wildman–Crippen LogP) is 1.97. The Morgan fingerprint density at radius 2 is 1.81 bits per heavy atom. The van der Waals surface area contributed by atoms with Crippen LogP contribution in [0.5, 0.6) is 0 Å². The first-order valence-electron chi connectivity index (χ1n) is 5.73. The van der Waals surface area contributed by atoms with Crippen LogP contribution in [0.25, 0.3) is 0 Å². The number of hydrogen-bond donors (Lipinski definition) is 0. The maximum absolute atomic E-state index is 11.7. The molecule has 0 aromatic rings. The second-order valence-electron chi connectivity index (χ2n) is 5.12. The molecule has 16 heavy (non-hydrogen) atoms. The summed E-state index contributed by atoms with van der Waals surface area (Å²) in [6.45, 7) is 4.44. The minimum Gasteiger partial charge on any atom is -0.283 e. The zero-order chi connectivity index (χ0) is 12.2. The van der Waals surface area contributed by atoms with Crippen LogP contribution in [-0.4, -0.2) is 23.3 Å². The minimum atomic E-state index is -0.177. The molecule has 0 saturated carbocycles. The monoisotopic (exact) mass is 221 g/mol. The molecule has 1 aliphatic rings. The van der Waals surface area contributed by atoms with Crippen molar-refractivity contribution in [2.45, 2.75) is 46.0 Å². The van der Waals surface area contributed by atoms with Gasteiger partial charge < -0.3 is 0 Å². The lowest BCUT2D eigenvalue weighted by Crippen LogP contribution is -2.46. The third-order valence-electron chi connectivity index (χ3n) is 2.81. The molecule has 88 valence electrons. The number of carbonyl (C=O) groups is 2. The number of unbranched alkanes of at least 4 members (excludes halogenated alkanes) is 2. The van der Waals surface area contributed by atoms with Gasteiger partial charge in [0.05, 0.1) is 0 Å². The van der Waals surface area contributed by atoms with E-state index in [1.54, 1.807) is 0 Å². The van der Waals surface area contributed by atoms with Gasteiger partial charge >= 0.3 is 0 Å². The first-order valence-corrected chi connectivity index (χ1v) is 5.73. The van der Waals surface area contributed by atoms with Crippen LogP contribution in [0.3, 0.4) is 0 Å². The fraction of sp³-hybridized carbons (Fsp3) is 0.692. The summed E-state index contributed by atoms with van der Waals surface area (Å²) in [5.41, 5.74) is -0.177. The number of nitrogens with zero attached hydrogens (tertiary/aromatic N) is 1. The fourth-order valence-electron chi connectivity index (χ4n) is 1.96. The fourth-order valence-corrected chi connectivity index (χ4v) is 1.96. The summed E-state index contributed by atoms with van der Waals surface area (Å²) in [4.78, 5) is 24.9. The molecule has 1 aliphatic heterocycles. The average Bonchev–Trinajstić information content (AvgIpc) is 2.13. The summed E-state index contributed by atoms with van der Waals surface area (Å²) in [6, 6.07) is 0. The smallest absolute Gasteiger partial charge is 0.229 e. The molecule has 2 amide bonds. The lowest BCUT2D eigenvalue weighted by Gasteiger charge is -2.34. The van der Waals surface area contributed by atoms with Crippen LogP contribution in [-0.2, 0) is 9.59 Å². The molecule has 1 fully saturated rings. The Labute approximate surface area is 97.2 Å². The van der Waals surface area contributed by atoms with Gasteiger partial charge in [0.2, 0.25) is 11.8 Å². The molecule has 0 aromatic heterocycles. The van der Waals surface area contributed by atoms with E-state index in [1.165, 1.54) is 4.90 Å². The molecular weight excluding hydrogens is 202 g/mol. The van der Waals surface area contributed by atoms with Gasteiger partial charge in [0.15, 0.2) is 0 Å². The van der Waals surface area contributed by atoms with Crippen molar-refractivity contribution in [3.05, 3.63) is 0 Å². The second-order valence-corrected chi connectivity index (χ2v) is 5.12. The van der Waals surface area contributed by atoms with Gasteiger partial charge in [0.1, 0.15) is 0 Å². The highest BCUT2D eigenvalue weighted by molar-refractivity contribution is 5.98. The van der Waals surface area contributed by atoms with Crippen LogP contribution in [0.1, 0.15) is 46.0 Å². The van der Waals surface area contributed by atoms with Gasteiger partial charge in [0, 0.05) is 25.8 Å². The number of imide groups is 1. The van der Waals surface area contributed by atoms with E-state index in [0.29, 0.717) is 25.8 Å². The van der Waals surface area contributed by atoms with Gasteiger partial charge in [-0.2, -0.15) is 0 Å². The normalized spacial score (nSPS) is 19.7. The molecule has 0 aliphatic carbocycles. The zero-order valence-corrected chi connectivity index (χ0v) is 10.1. The standard InChI is InChI=1S/C13H19NO2/c1-4-5-6-7-8-14-11(15)9-13(2,3)10-12(14)16/h1H,5-10H2,2-3H3. The number of rotatable bonds is 4. The highest BCUT2D eigenvalue weighted by atomic mass is 16.2. The van der Waals surface area contributed by atoms with E-state index >= 15 is 0 Å². The van der Waals surface area contributed by atoms with Crippen molar-refractivity contribution in [1.82, 2.24) is 4.90 Å². The zero-order valence-electron chi connectivity index (χ0n) is 10.1. The Morgan fingerprint density at radius 1 is 1.25 bits per heavy atom. The molecule has 1 heterocycles. The lowest BCUT2D eigenvalue weighted by atomic mass is 9.82. The van der Waals surface area contributed by atoms with E-state index in [2.05, 4.69) is 5.92 Å². The minimum absolute atomic E-state index is 0.0399. The van der Waals surface area contributed by atoms with Crippen LogP contribution in [0.4, 0.5) is 0 Å². The van der Waals surface area contributed by atoms with Crippen molar-refractivity contribution in [2.75, 3.05) is 6.54 Å². The Balaban J connectivity index is 2.46. The van der Waals surface area contributed by atoms with Gasteiger partial charge in [0.25, 0.3) is 0 Å². The number of hydrogen-bond acceptors (Lipinski definition) is 2. The third-order valence-corrected chi connectivity index (χ3v) is 2.81. The molecule has 0 atom stereocenters. The highest BCUT2D eigenvalue weighted by Crippen LogP contribution is 2.31. The highest BCUT2D eigenvalue weighted by Gasteiger charge is 2.36. The molecular formula is C13H19NO2. The number of amides is 2. The SMILES string of the molecule is C#CCCCCN1C(=O)CC(C)(C)CC1=O. The number of carbonyl (C=O) groups excluding carboxylic acids is 2. The van der Waals surface area contributed by atoms with E-state index in [0.717, 1.165) is 12.8 Å². The molecule has 3 nitrogen and oxygen atoms in total. The topological polar surface area (TPSA) is 37.4 Å². The first kappa shape index (κ1) is 12.8. The quantitative estimate of drug-likeness (QED) is 0.413. The summed E-state index contributed by atoms with van der Waals surface area (Å²) in [6.07, 6.45) is 8.46. The maximum atomic E-state index is 11.7. The summed E-state index contributed by atoms with van der Waals surface area (Å²) in [5.74, 6) is 2.47. The summed E-state index contributed by atoms with van der Waals surface area (Å²) in [5, 5.41) is 0. The molecule has 0 aromatic carbocycles. The van der Waals surface area contributed by atoms with Gasteiger partial charge in [-0.05, 0) is 18.3 Å². The number of piperidine rings is 1. The lowest BCUT2D eigenvalue weighted by molar-refractivity contribution is -0.152. The summed E-state index contributed by atoms with van der Waals surface area (Å²) >= 11 is 0. The van der Waals surface area contributed by atoms with Gasteiger partial charge in [-0.15, -0.1) is 12.3 Å². The summed E-state index contributed by atoms with van der Waals surface area (Å²) < 4.78 is 0. The van der Waals surface area contributed by atoms with Gasteiger partial charge in [-0.3, -0.25) is 14.5 Å². The van der Waals surface area contributed by atoms with E-state index in [9.17, 15) is 9.59 Å². The van der Waals surface area contributed by atoms with Crippen LogP contribution < -0.4 is 0 Å². The Kier molecular flexibility index (Phi) is 4.12. The molecule has 1 saturated heterocycles. The van der Waals surface area contributed by atoms with Crippen molar-refractivity contribution >= 4 is 11.8 Å². The van der Waals surface area contributed by atoms with E-state index in [4.69, 9.17) is 6.42 Å². The summed E-state index contributed by atoms with van der Waals surface area (Å²) in [7, 11) is 0. The van der Waals surface area contributed by atoms with E-state index < -0.39 is 0 Å². The van der Waals surface area contributed by atoms with Crippen LogP contribution in [0, 0.1) is 17.8 Å². The molecule has 0 N–H and O–H groups in total. The molecule has 0 radical (unpaired) electrons. The number of likely N-dealkylation sites (tertiary alicyclic amines) is 1. The largest absolute Gasteiger partial charge is 0.283 e. The van der Waals surface area contributed by atoms with Crippen molar-refractivity contribution in [3.63, 3.8) is 0 Å². The average molecular weight is 221 g/mol. The van der Waals surface area contributed by atoms with Gasteiger partial charge in [-0.1, -0.05) is 13.8 Å². The van der Waals surface area contributed by atoms with E-state index in [1.807, 2.05) is 13.8 Å². The maximum Gasteiger partial charge on any atom is 0.229 e. The van der Waals surface area contributed by atoms with Crippen molar-refractivity contribution in [3.8, 4) is 12.3 Å². The predicted molar refractivity (Wildman–Crippen MR) is 62.4 cm³/mol. The third kappa shape index (κ3) is 3.37. The molecule has 0 spiro atoms. The van der Waals surface area contributed by atoms with Crippen molar-refractivity contribution in [1.29, 1.82) is 0 Å². The van der Waals surface area contributed by atoms with Crippen molar-refractivity contribution < 1.29 is 9.59 Å². The Hall–Kier alpha value is -1.30. The molecule has 1 rings (SSSR count). The van der Waals surface area contributed by atoms with Crippen molar-refractivity contribution in [2.24, 2.45) is 5.41 Å². The van der Waals surface area contributed by atoms with E-state index in [-0.39, 0.29) is 17.2 Å². The molecule has 0 unspecified atom stereocenters. The van der Waals surface area contributed by atoms with Crippen LogP contribution >= 0.6 is 0 Å². The molecule has 3 heteroatoms. The second kappa shape index (κ2) is 5.16. The number of terminal acetylenes is 1. The van der Waals surface area contributed by atoms with Gasteiger partial charge in [-0.25, -0.2) is 0 Å². The van der Waals surface area contributed by atoms with Crippen LogP contribution in [0.2, 0.25) is 0 Å². The first-order chi connectivity index (χ1) is 7.46. The molecule has 0 bridgehead atoms. The van der Waals surface area contributed by atoms with Crippen LogP contribution in [0.15, 0.2) is 0 Å². The Bertz CT molecular complexity index is 305.